The molecule has 0 aliphatic heterocycles. The number of hydrogen-bond donors (Lipinski definition) is 1. The maximum atomic E-state index is 13.1. The van der Waals surface area contributed by atoms with Gasteiger partial charge in [-0.05, 0) is 13.1 Å². The van der Waals surface area contributed by atoms with E-state index in [2.05, 4.69) is 10.1 Å². The quantitative estimate of drug-likeness (QED) is 0.808. The van der Waals surface area contributed by atoms with E-state index in [-0.39, 0.29) is 5.02 Å². The third-order valence-electron chi connectivity index (χ3n) is 2.02. The van der Waals surface area contributed by atoms with E-state index in [0.29, 0.717) is 5.56 Å². The molecule has 0 aliphatic rings. The molecular formula is C10H11ClFNO2. The fraction of sp³-hybridized carbons (Fsp3) is 0.300. The first-order valence-electron chi connectivity index (χ1n) is 4.30. The third-order valence-corrected chi connectivity index (χ3v) is 2.42. The summed E-state index contributed by atoms with van der Waals surface area (Å²) in [4.78, 5) is 11.3. The van der Waals surface area contributed by atoms with Crippen LogP contribution in [0.15, 0.2) is 18.2 Å². The van der Waals surface area contributed by atoms with Gasteiger partial charge in [0.1, 0.15) is 11.9 Å². The largest absolute Gasteiger partial charge is 0.468 e. The maximum Gasteiger partial charge on any atom is 0.327 e. The minimum Gasteiger partial charge on any atom is -0.468 e. The van der Waals surface area contributed by atoms with Crippen molar-refractivity contribution in [3.05, 3.63) is 34.6 Å². The van der Waals surface area contributed by atoms with Crippen LogP contribution in [-0.4, -0.2) is 20.1 Å². The predicted molar refractivity (Wildman–Crippen MR) is 55.2 cm³/mol. The van der Waals surface area contributed by atoms with Crippen LogP contribution < -0.4 is 5.32 Å². The highest BCUT2D eigenvalue weighted by atomic mass is 35.5. The van der Waals surface area contributed by atoms with Crippen LogP contribution in [0.5, 0.6) is 0 Å². The highest BCUT2D eigenvalue weighted by Crippen LogP contribution is 2.26. The van der Waals surface area contributed by atoms with Crippen molar-refractivity contribution >= 4 is 17.6 Å². The van der Waals surface area contributed by atoms with E-state index in [0.717, 1.165) is 0 Å². The molecule has 1 rings (SSSR count). The molecule has 82 valence electrons. The number of likely N-dealkylation sites (N-methyl/N-ethyl adjacent to an activating group) is 1. The SMILES string of the molecule is CNC(C(=O)OC)c1cccc(F)c1Cl. The average molecular weight is 232 g/mol. The number of rotatable bonds is 3. The first-order chi connectivity index (χ1) is 7.11. The lowest BCUT2D eigenvalue weighted by atomic mass is 10.1. The van der Waals surface area contributed by atoms with Gasteiger partial charge in [0.05, 0.1) is 12.1 Å². The van der Waals surface area contributed by atoms with E-state index < -0.39 is 17.8 Å². The van der Waals surface area contributed by atoms with Gasteiger partial charge in [0.2, 0.25) is 0 Å². The molecule has 1 N–H and O–H groups in total. The van der Waals surface area contributed by atoms with Crippen LogP contribution in [0, 0.1) is 5.82 Å². The lowest BCUT2D eigenvalue weighted by Gasteiger charge is -2.15. The zero-order valence-corrected chi connectivity index (χ0v) is 9.14. The van der Waals surface area contributed by atoms with Gasteiger partial charge in [-0.2, -0.15) is 0 Å². The normalized spacial score (nSPS) is 12.3. The fourth-order valence-electron chi connectivity index (χ4n) is 1.26. The van der Waals surface area contributed by atoms with Gasteiger partial charge in [0.15, 0.2) is 0 Å². The molecule has 0 aliphatic carbocycles. The Morgan fingerprint density at radius 1 is 1.60 bits per heavy atom. The summed E-state index contributed by atoms with van der Waals surface area (Å²) in [5, 5.41) is 2.64. The number of esters is 1. The summed E-state index contributed by atoms with van der Waals surface area (Å²) in [7, 11) is 2.84. The highest BCUT2D eigenvalue weighted by molar-refractivity contribution is 6.31. The highest BCUT2D eigenvalue weighted by Gasteiger charge is 2.22. The van der Waals surface area contributed by atoms with E-state index >= 15 is 0 Å². The molecule has 15 heavy (non-hydrogen) atoms. The molecule has 0 spiro atoms. The van der Waals surface area contributed by atoms with Crippen LogP contribution in [0.2, 0.25) is 5.02 Å². The Labute approximate surface area is 92.2 Å². The standard InChI is InChI=1S/C10H11ClFNO2/c1-13-9(10(14)15-2)6-4-3-5-7(12)8(6)11/h3-5,9,13H,1-2H3. The maximum absolute atomic E-state index is 13.1. The molecule has 0 heterocycles. The van der Waals surface area contributed by atoms with Crippen molar-refractivity contribution in [3.63, 3.8) is 0 Å². The number of ether oxygens (including phenoxy) is 1. The van der Waals surface area contributed by atoms with E-state index in [9.17, 15) is 9.18 Å². The van der Waals surface area contributed by atoms with Crippen LogP contribution in [-0.2, 0) is 9.53 Å². The molecule has 5 heteroatoms. The zero-order chi connectivity index (χ0) is 11.4. The van der Waals surface area contributed by atoms with Crippen molar-refractivity contribution in [2.24, 2.45) is 0 Å². The van der Waals surface area contributed by atoms with Crippen LogP contribution >= 0.6 is 11.6 Å². The average Bonchev–Trinajstić information content (AvgIpc) is 2.24. The van der Waals surface area contributed by atoms with Crippen LogP contribution in [0.4, 0.5) is 4.39 Å². The van der Waals surface area contributed by atoms with Crippen LogP contribution in [0.3, 0.4) is 0 Å². The molecule has 3 nitrogen and oxygen atoms in total. The van der Waals surface area contributed by atoms with Crippen LogP contribution in [0.25, 0.3) is 0 Å². The number of hydrogen-bond acceptors (Lipinski definition) is 3. The minimum atomic E-state index is -0.752. The van der Waals surface area contributed by atoms with E-state index in [1.807, 2.05) is 0 Å². The Kier molecular flexibility index (Phi) is 4.05. The van der Waals surface area contributed by atoms with Crippen molar-refractivity contribution in [3.8, 4) is 0 Å². The molecule has 0 radical (unpaired) electrons. The number of carbonyl (C=O) groups is 1. The predicted octanol–water partition coefficient (Wildman–Crippen LogP) is 1.91. The van der Waals surface area contributed by atoms with Gasteiger partial charge in [-0.1, -0.05) is 23.7 Å². The Hall–Kier alpha value is -1.13. The monoisotopic (exact) mass is 231 g/mol. The minimum absolute atomic E-state index is 0.0674. The first-order valence-corrected chi connectivity index (χ1v) is 4.68. The molecule has 0 saturated heterocycles. The summed E-state index contributed by atoms with van der Waals surface area (Å²) in [6.45, 7) is 0. The Morgan fingerprint density at radius 3 is 2.80 bits per heavy atom. The summed E-state index contributed by atoms with van der Waals surface area (Å²) >= 11 is 5.74. The van der Waals surface area contributed by atoms with Gasteiger partial charge < -0.3 is 10.1 Å². The Balaban J connectivity index is 3.12. The number of methoxy groups -OCH3 is 1. The van der Waals surface area contributed by atoms with Crippen molar-refractivity contribution < 1.29 is 13.9 Å². The van der Waals surface area contributed by atoms with Gasteiger partial charge in [-0.15, -0.1) is 0 Å². The van der Waals surface area contributed by atoms with Gasteiger partial charge in [-0.3, -0.25) is 0 Å². The summed E-state index contributed by atoms with van der Waals surface area (Å²) in [5.74, 6) is -1.07. The third kappa shape index (κ3) is 2.46. The molecule has 0 bridgehead atoms. The number of nitrogens with one attached hydrogen (secondary N) is 1. The second-order valence-electron chi connectivity index (χ2n) is 2.89. The van der Waals surface area contributed by atoms with Crippen molar-refractivity contribution in [1.29, 1.82) is 0 Å². The molecule has 1 aromatic rings. The van der Waals surface area contributed by atoms with Gasteiger partial charge >= 0.3 is 5.97 Å². The van der Waals surface area contributed by atoms with Gasteiger partial charge in [0, 0.05) is 5.56 Å². The molecular weight excluding hydrogens is 221 g/mol. The fourth-order valence-corrected chi connectivity index (χ4v) is 1.50. The molecule has 0 fully saturated rings. The topological polar surface area (TPSA) is 38.3 Å². The van der Waals surface area contributed by atoms with E-state index in [4.69, 9.17) is 11.6 Å². The molecule has 1 atom stereocenters. The molecule has 1 aromatic carbocycles. The first kappa shape index (κ1) is 11.9. The summed E-state index contributed by atoms with van der Waals surface area (Å²) < 4.78 is 17.7. The van der Waals surface area contributed by atoms with E-state index in [1.165, 1.54) is 19.2 Å². The van der Waals surface area contributed by atoms with Gasteiger partial charge in [-0.25, -0.2) is 9.18 Å². The van der Waals surface area contributed by atoms with Crippen molar-refractivity contribution in [1.82, 2.24) is 5.32 Å². The molecule has 0 amide bonds. The van der Waals surface area contributed by atoms with E-state index in [1.54, 1.807) is 13.1 Å². The number of halogens is 2. The van der Waals surface area contributed by atoms with Crippen molar-refractivity contribution in [2.45, 2.75) is 6.04 Å². The summed E-state index contributed by atoms with van der Waals surface area (Å²) in [6, 6.07) is 3.54. The Bertz CT molecular complexity index is 370. The second kappa shape index (κ2) is 5.09. The molecule has 0 saturated carbocycles. The zero-order valence-electron chi connectivity index (χ0n) is 8.38. The summed E-state index contributed by atoms with van der Waals surface area (Å²) in [6.07, 6.45) is 0. The van der Waals surface area contributed by atoms with Crippen molar-refractivity contribution in [2.75, 3.05) is 14.2 Å². The van der Waals surface area contributed by atoms with Crippen LogP contribution in [0.1, 0.15) is 11.6 Å². The molecule has 0 aromatic heterocycles. The van der Waals surface area contributed by atoms with Gasteiger partial charge in [0.25, 0.3) is 0 Å². The Morgan fingerprint density at radius 2 is 2.27 bits per heavy atom. The lowest BCUT2D eigenvalue weighted by Crippen LogP contribution is -2.26. The summed E-state index contributed by atoms with van der Waals surface area (Å²) in [5.41, 5.74) is 0.367. The number of benzene rings is 1. The lowest BCUT2D eigenvalue weighted by molar-refractivity contribution is -0.143. The second-order valence-corrected chi connectivity index (χ2v) is 3.27. The molecule has 1 unspecified atom stereocenters. The smallest absolute Gasteiger partial charge is 0.327 e. The number of carbonyl (C=O) groups excluding carboxylic acids is 1.